The van der Waals surface area contributed by atoms with Crippen molar-refractivity contribution in [1.29, 1.82) is 0 Å². The van der Waals surface area contributed by atoms with E-state index in [1.807, 2.05) is 90.1 Å². The van der Waals surface area contributed by atoms with Crippen molar-refractivity contribution in [1.82, 2.24) is 10.2 Å². The van der Waals surface area contributed by atoms with E-state index < -0.39 is 6.04 Å². The van der Waals surface area contributed by atoms with Crippen LogP contribution in [0.4, 0.5) is 0 Å². The van der Waals surface area contributed by atoms with Crippen molar-refractivity contribution in [2.75, 3.05) is 13.2 Å². The third-order valence-electron chi connectivity index (χ3n) is 5.05. The highest BCUT2D eigenvalue weighted by molar-refractivity contribution is 5.88. The Balaban J connectivity index is 2.17. The van der Waals surface area contributed by atoms with Crippen molar-refractivity contribution in [3.63, 3.8) is 0 Å². The number of nitrogens with one attached hydrogen (secondary N) is 1. The summed E-state index contributed by atoms with van der Waals surface area (Å²) in [5.74, 6) is 0.365. The summed E-state index contributed by atoms with van der Waals surface area (Å²) in [6.07, 6.45) is 1.21. The number of hydrogen-bond donors (Lipinski definition) is 1. The van der Waals surface area contributed by atoms with E-state index in [2.05, 4.69) is 5.32 Å². The SMILES string of the molecule is CC[C@@H](C(=O)NC(C)(C)C)N(CCc1ccccc1)C(=O)COc1ccc(C)cc1C. The van der Waals surface area contributed by atoms with Crippen LogP contribution in [-0.2, 0) is 16.0 Å². The molecule has 2 amide bonds. The van der Waals surface area contributed by atoms with Gasteiger partial charge in [0.25, 0.3) is 5.91 Å². The zero-order valence-corrected chi connectivity index (χ0v) is 19.7. The van der Waals surface area contributed by atoms with Crippen LogP contribution >= 0.6 is 0 Å². The number of amides is 2. The normalized spacial score (nSPS) is 12.2. The summed E-state index contributed by atoms with van der Waals surface area (Å²) in [6, 6.07) is 15.3. The summed E-state index contributed by atoms with van der Waals surface area (Å²) in [4.78, 5) is 27.8. The number of benzene rings is 2. The third-order valence-corrected chi connectivity index (χ3v) is 5.05. The molecule has 0 heterocycles. The van der Waals surface area contributed by atoms with Crippen LogP contribution in [0.15, 0.2) is 48.5 Å². The summed E-state index contributed by atoms with van der Waals surface area (Å²) < 4.78 is 5.84. The van der Waals surface area contributed by atoms with Gasteiger partial charge in [0.15, 0.2) is 6.61 Å². The molecule has 0 bridgehead atoms. The molecule has 31 heavy (non-hydrogen) atoms. The number of ether oxygens (including phenoxy) is 1. The zero-order chi connectivity index (χ0) is 23.0. The average Bonchev–Trinajstić information content (AvgIpc) is 2.69. The van der Waals surface area contributed by atoms with Gasteiger partial charge < -0.3 is 15.0 Å². The minimum Gasteiger partial charge on any atom is -0.483 e. The van der Waals surface area contributed by atoms with Gasteiger partial charge in [-0.05, 0) is 64.7 Å². The number of carbonyl (C=O) groups is 2. The summed E-state index contributed by atoms with van der Waals surface area (Å²) in [7, 11) is 0. The topological polar surface area (TPSA) is 58.6 Å². The molecule has 1 N–H and O–H groups in total. The quantitative estimate of drug-likeness (QED) is 0.647. The Hall–Kier alpha value is -2.82. The average molecular weight is 425 g/mol. The molecule has 2 rings (SSSR count). The first kappa shape index (κ1) is 24.4. The van der Waals surface area contributed by atoms with Crippen LogP contribution < -0.4 is 10.1 Å². The number of nitrogens with zero attached hydrogens (tertiary/aromatic N) is 1. The van der Waals surface area contributed by atoms with E-state index in [1.165, 1.54) is 0 Å². The van der Waals surface area contributed by atoms with Crippen molar-refractivity contribution in [2.24, 2.45) is 0 Å². The minimum atomic E-state index is -0.543. The van der Waals surface area contributed by atoms with Crippen molar-refractivity contribution < 1.29 is 14.3 Å². The second-order valence-electron chi connectivity index (χ2n) is 9.04. The first-order valence-electron chi connectivity index (χ1n) is 11.0. The van der Waals surface area contributed by atoms with Gasteiger partial charge in [-0.1, -0.05) is 55.0 Å². The third kappa shape index (κ3) is 7.74. The van der Waals surface area contributed by atoms with Gasteiger partial charge in [0.05, 0.1) is 0 Å². The molecule has 0 unspecified atom stereocenters. The highest BCUT2D eigenvalue weighted by atomic mass is 16.5. The molecule has 0 saturated carbocycles. The number of rotatable bonds is 9. The molecule has 5 nitrogen and oxygen atoms in total. The van der Waals surface area contributed by atoms with E-state index in [-0.39, 0.29) is 24.0 Å². The van der Waals surface area contributed by atoms with Gasteiger partial charge in [-0.25, -0.2) is 0 Å². The molecule has 168 valence electrons. The van der Waals surface area contributed by atoms with Gasteiger partial charge in [0.2, 0.25) is 5.91 Å². The van der Waals surface area contributed by atoms with Crippen molar-refractivity contribution in [3.05, 3.63) is 65.2 Å². The second kappa shape index (κ2) is 11.0. The number of hydrogen-bond acceptors (Lipinski definition) is 3. The first-order chi connectivity index (χ1) is 14.6. The predicted molar refractivity (Wildman–Crippen MR) is 125 cm³/mol. The van der Waals surface area contributed by atoms with Gasteiger partial charge in [-0.2, -0.15) is 0 Å². The Bertz CT molecular complexity index is 872. The van der Waals surface area contributed by atoms with Gasteiger partial charge in [-0.15, -0.1) is 0 Å². The highest BCUT2D eigenvalue weighted by Gasteiger charge is 2.30. The monoisotopic (exact) mass is 424 g/mol. The van der Waals surface area contributed by atoms with Gasteiger partial charge in [0, 0.05) is 12.1 Å². The molecule has 0 aliphatic heterocycles. The van der Waals surface area contributed by atoms with Crippen LogP contribution in [-0.4, -0.2) is 41.4 Å². The second-order valence-corrected chi connectivity index (χ2v) is 9.04. The van der Waals surface area contributed by atoms with Crippen molar-refractivity contribution in [3.8, 4) is 5.75 Å². The van der Waals surface area contributed by atoms with Crippen molar-refractivity contribution in [2.45, 2.75) is 66.0 Å². The Morgan fingerprint density at radius 3 is 2.32 bits per heavy atom. The number of carbonyl (C=O) groups excluding carboxylic acids is 2. The molecule has 2 aromatic carbocycles. The fourth-order valence-corrected chi connectivity index (χ4v) is 3.53. The molecular weight excluding hydrogens is 388 g/mol. The number of aryl methyl sites for hydroxylation is 2. The molecule has 0 aliphatic carbocycles. The summed E-state index contributed by atoms with van der Waals surface area (Å²) in [6.45, 7) is 12.1. The predicted octanol–water partition coefficient (Wildman–Crippen LogP) is 4.45. The standard InChI is InChI=1S/C26H36N2O3/c1-7-22(25(30)27-26(4,5)6)28(16-15-21-11-9-8-10-12-21)24(29)18-31-23-14-13-19(2)17-20(23)3/h8-14,17,22H,7,15-16,18H2,1-6H3,(H,27,30)/t22-/m0/s1. The smallest absolute Gasteiger partial charge is 0.261 e. The lowest BCUT2D eigenvalue weighted by atomic mass is 10.1. The maximum Gasteiger partial charge on any atom is 0.261 e. The van der Waals surface area contributed by atoms with Crippen LogP contribution in [0.3, 0.4) is 0 Å². The lowest BCUT2D eigenvalue weighted by molar-refractivity contribution is -0.142. The molecule has 2 aromatic rings. The summed E-state index contributed by atoms with van der Waals surface area (Å²) in [5, 5.41) is 3.02. The molecule has 0 spiro atoms. The zero-order valence-electron chi connectivity index (χ0n) is 19.7. The van der Waals surface area contributed by atoms with Gasteiger partial charge in [0.1, 0.15) is 11.8 Å². The van der Waals surface area contributed by atoms with Crippen LogP contribution in [0.2, 0.25) is 0 Å². The van der Waals surface area contributed by atoms with Crippen molar-refractivity contribution >= 4 is 11.8 Å². The van der Waals surface area contributed by atoms with Gasteiger partial charge in [-0.3, -0.25) is 9.59 Å². The Morgan fingerprint density at radius 2 is 1.74 bits per heavy atom. The van der Waals surface area contributed by atoms with E-state index in [9.17, 15) is 9.59 Å². The molecule has 0 saturated heterocycles. The molecular formula is C26H36N2O3. The molecule has 1 atom stereocenters. The van der Waals surface area contributed by atoms with E-state index in [0.717, 1.165) is 16.7 Å². The van der Waals surface area contributed by atoms with Crippen LogP contribution in [0.1, 0.15) is 50.8 Å². The summed E-state index contributed by atoms with van der Waals surface area (Å²) in [5.41, 5.74) is 2.89. The van der Waals surface area contributed by atoms with E-state index in [4.69, 9.17) is 4.74 Å². The fraction of sp³-hybridized carbons (Fsp3) is 0.462. The Labute approximate surface area is 186 Å². The minimum absolute atomic E-state index is 0.0992. The first-order valence-corrected chi connectivity index (χ1v) is 11.0. The molecule has 0 aliphatic rings. The Morgan fingerprint density at radius 1 is 1.06 bits per heavy atom. The van der Waals surface area contributed by atoms with Crippen LogP contribution in [0, 0.1) is 13.8 Å². The molecule has 0 radical (unpaired) electrons. The fourth-order valence-electron chi connectivity index (χ4n) is 3.53. The van der Waals surface area contributed by atoms with Gasteiger partial charge >= 0.3 is 0 Å². The molecule has 5 heteroatoms. The summed E-state index contributed by atoms with van der Waals surface area (Å²) >= 11 is 0. The largest absolute Gasteiger partial charge is 0.483 e. The Kier molecular flexibility index (Phi) is 8.66. The van der Waals surface area contributed by atoms with Crippen LogP contribution in [0.25, 0.3) is 0 Å². The molecule has 0 aromatic heterocycles. The van der Waals surface area contributed by atoms with E-state index >= 15 is 0 Å². The maximum atomic E-state index is 13.2. The lowest BCUT2D eigenvalue weighted by Crippen LogP contribution is -2.54. The molecule has 0 fully saturated rings. The van der Waals surface area contributed by atoms with E-state index in [1.54, 1.807) is 4.90 Å². The maximum absolute atomic E-state index is 13.2. The lowest BCUT2D eigenvalue weighted by Gasteiger charge is -2.33. The van der Waals surface area contributed by atoms with Crippen LogP contribution in [0.5, 0.6) is 5.75 Å². The van der Waals surface area contributed by atoms with E-state index in [0.29, 0.717) is 25.1 Å². The highest BCUT2D eigenvalue weighted by Crippen LogP contribution is 2.19.